The zero-order chi connectivity index (χ0) is 10.6. The monoisotopic (exact) mass is 218 g/mol. The third-order valence-corrected chi connectivity index (χ3v) is 4.48. The van der Waals surface area contributed by atoms with Crippen LogP contribution in [0.4, 0.5) is 0 Å². The fourth-order valence-corrected chi connectivity index (χ4v) is 3.21. The van der Waals surface area contributed by atoms with Crippen LogP contribution in [0.5, 0.6) is 0 Å². The Morgan fingerprint density at radius 3 is 2.64 bits per heavy atom. The summed E-state index contributed by atoms with van der Waals surface area (Å²) < 4.78 is 23.9. The highest BCUT2D eigenvalue weighted by atomic mass is 32.2. The van der Waals surface area contributed by atoms with Crippen molar-refractivity contribution >= 4 is 15.9 Å². The van der Waals surface area contributed by atoms with Crippen molar-refractivity contribution in [1.82, 2.24) is 9.62 Å². The largest absolute Gasteiger partial charge is 0.359 e. The predicted molar refractivity (Wildman–Crippen MR) is 51.0 cm³/mol. The highest BCUT2D eigenvalue weighted by Crippen LogP contribution is 2.58. The minimum Gasteiger partial charge on any atom is -0.359 e. The van der Waals surface area contributed by atoms with Gasteiger partial charge in [0.2, 0.25) is 15.9 Å². The minimum absolute atomic E-state index is 0.0198. The van der Waals surface area contributed by atoms with Crippen molar-refractivity contribution in [3.8, 4) is 0 Å². The average molecular weight is 218 g/mol. The molecular formula is C8H14N2O3S. The third kappa shape index (κ3) is 1.25. The van der Waals surface area contributed by atoms with Crippen LogP contribution in [-0.2, 0) is 14.8 Å². The van der Waals surface area contributed by atoms with Crippen molar-refractivity contribution in [1.29, 1.82) is 0 Å². The summed E-state index contributed by atoms with van der Waals surface area (Å²) in [4.78, 5) is 11.5. The van der Waals surface area contributed by atoms with Crippen LogP contribution in [0.2, 0.25) is 0 Å². The van der Waals surface area contributed by atoms with Gasteiger partial charge in [-0.05, 0) is 12.3 Å². The van der Waals surface area contributed by atoms with E-state index in [2.05, 4.69) is 5.32 Å². The van der Waals surface area contributed by atoms with Gasteiger partial charge < -0.3 is 5.32 Å². The number of fused-ring (bicyclic) bond motifs is 1. The molecule has 2 aliphatic rings. The first-order valence-electron chi connectivity index (χ1n) is 4.57. The molecule has 1 saturated heterocycles. The van der Waals surface area contributed by atoms with Gasteiger partial charge in [-0.2, -0.15) is 0 Å². The Morgan fingerprint density at radius 2 is 2.21 bits per heavy atom. The molecule has 5 nitrogen and oxygen atoms in total. The van der Waals surface area contributed by atoms with Crippen LogP contribution < -0.4 is 5.32 Å². The lowest BCUT2D eigenvalue weighted by molar-refractivity contribution is -0.125. The lowest BCUT2D eigenvalue weighted by Gasteiger charge is -2.17. The van der Waals surface area contributed by atoms with Crippen LogP contribution in [0, 0.1) is 11.3 Å². The number of piperidine rings is 1. The Kier molecular flexibility index (Phi) is 1.91. The van der Waals surface area contributed by atoms with Crippen molar-refractivity contribution in [2.45, 2.75) is 6.42 Å². The lowest BCUT2D eigenvalue weighted by atomic mass is 10.1. The Balaban J connectivity index is 2.15. The van der Waals surface area contributed by atoms with E-state index in [0.29, 0.717) is 13.1 Å². The second kappa shape index (κ2) is 2.70. The van der Waals surface area contributed by atoms with Crippen LogP contribution in [0.25, 0.3) is 0 Å². The Hall–Kier alpha value is -0.620. The van der Waals surface area contributed by atoms with Crippen molar-refractivity contribution < 1.29 is 13.2 Å². The quantitative estimate of drug-likeness (QED) is 0.647. The fraction of sp³-hybridized carbons (Fsp3) is 0.875. The number of carbonyl (C=O) groups excluding carboxylic acids is 1. The molecule has 0 bridgehead atoms. The van der Waals surface area contributed by atoms with Crippen LogP contribution in [0.1, 0.15) is 6.42 Å². The molecule has 0 radical (unpaired) electrons. The molecule has 80 valence electrons. The van der Waals surface area contributed by atoms with Gasteiger partial charge in [0.05, 0.1) is 11.7 Å². The smallest absolute Gasteiger partial charge is 0.227 e. The molecule has 2 atom stereocenters. The molecule has 0 spiro atoms. The third-order valence-electron chi connectivity index (χ3n) is 3.26. The van der Waals surface area contributed by atoms with Crippen LogP contribution >= 0.6 is 0 Å². The molecule has 1 aliphatic heterocycles. The summed E-state index contributed by atoms with van der Waals surface area (Å²) in [6.07, 6.45) is 2.02. The molecule has 1 N–H and O–H groups in total. The molecule has 6 heteroatoms. The maximum atomic E-state index is 11.5. The lowest BCUT2D eigenvalue weighted by Crippen LogP contribution is -2.36. The summed E-state index contributed by atoms with van der Waals surface area (Å²) in [5.41, 5.74) is -0.405. The van der Waals surface area contributed by atoms with E-state index < -0.39 is 15.4 Å². The average Bonchev–Trinajstić information content (AvgIpc) is 2.67. The number of hydrogen-bond acceptors (Lipinski definition) is 3. The number of carbonyl (C=O) groups is 1. The van der Waals surface area contributed by atoms with Gasteiger partial charge in [-0.1, -0.05) is 0 Å². The van der Waals surface area contributed by atoms with E-state index in [4.69, 9.17) is 0 Å². The molecule has 0 aromatic heterocycles. The molecule has 1 aliphatic carbocycles. The molecule has 2 rings (SSSR count). The predicted octanol–water partition coefficient (Wildman–Crippen LogP) is -0.986. The van der Waals surface area contributed by atoms with E-state index >= 15 is 0 Å². The van der Waals surface area contributed by atoms with Crippen LogP contribution in [0.3, 0.4) is 0 Å². The summed E-state index contributed by atoms with van der Waals surface area (Å²) in [5.74, 6) is 0.214. The highest BCUT2D eigenvalue weighted by Gasteiger charge is 2.65. The molecule has 0 aromatic carbocycles. The van der Waals surface area contributed by atoms with Crippen molar-refractivity contribution in [2.24, 2.45) is 11.3 Å². The van der Waals surface area contributed by atoms with Crippen LogP contribution in [0.15, 0.2) is 0 Å². The van der Waals surface area contributed by atoms with E-state index in [1.807, 2.05) is 0 Å². The number of nitrogens with zero attached hydrogens (tertiary/aromatic N) is 1. The molecule has 2 fully saturated rings. The molecule has 14 heavy (non-hydrogen) atoms. The SMILES string of the molecule is CNC(=O)[C@]12C[C@H]1CN(S(C)(=O)=O)C2. The van der Waals surface area contributed by atoms with E-state index in [-0.39, 0.29) is 11.8 Å². The highest BCUT2D eigenvalue weighted by molar-refractivity contribution is 7.88. The normalized spacial score (nSPS) is 36.6. The maximum absolute atomic E-state index is 11.5. The number of nitrogens with one attached hydrogen (secondary N) is 1. The fourth-order valence-electron chi connectivity index (χ4n) is 2.29. The van der Waals surface area contributed by atoms with Gasteiger partial charge in [0, 0.05) is 20.1 Å². The van der Waals surface area contributed by atoms with E-state index in [1.54, 1.807) is 7.05 Å². The molecule has 1 heterocycles. The zero-order valence-corrected chi connectivity index (χ0v) is 9.10. The Morgan fingerprint density at radius 1 is 1.57 bits per heavy atom. The van der Waals surface area contributed by atoms with Crippen LogP contribution in [-0.4, -0.2) is 45.0 Å². The second-order valence-corrected chi connectivity index (χ2v) is 6.17. The summed E-state index contributed by atoms with van der Waals surface area (Å²) in [7, 11) is -1.54. The minimum atomic E-state index is -3.13. The number of sulfonamides is 1. The van der Waals surface area contributed by atoms with Gasteiger partial charge in [-0.25, -0.2) is 12.7 Å². The Bertz CT molecular complexity index is 378. The van der Waals surface area contributed by atoms with E-state index in [0.717, 1.165) is 6.42 Å². The van der Waals surface area contributed by atoms with Gasteiger partial charge in [0.15, 0.2) is 0 Å². The molecule has 1 saturated carbocycles. The summed E-state index contributed by atoms with van der Waals surface area (Å²) in [6, 6.07) is 0. The summed E-state index contributed by atoms with van der Waals surface area (Å²) in [6.45, 7) is 0.864. The number of hydrogen-bond donors (Lipinski definition) is 1. The first kappa shape index (κ1) is 9.92. The van der Waals surface area contributed by atoms with Gasteiger partial charge in [-0.3, -0.25) is 4.79 Å². The molecule has 0 aromatic rings. The molecule has 1 amide bonds. The van der Waals surface area contributed by atoms with Gasteiger partial charge in [-0.15, -0.1) is 0 Å². The maximum Gasteiger partial charge on any atom is 0.227 e. The number of amides is 1. The Labute approximate surface area is 83.5 Å². The molecule has 0 unspecified atom stereocenters. The van der Waals surface area contributed by atoms with E-state index in [9.17, 15) is 13.2 Å². The standard InChI is InChI=1S/C8H14N2O3S/c1-9-7(11)8-3-6(8)4-10(5-8)14(2,12)13/h6H,3-5H2,1-2H3,(H,9,11)/t6-,8-/m0/s1. The topological polar surface area (TPSA) is 66.5 Å². The number of rotatable bonds is 2. The molecular weight excluding hydrogens is 204 g/mol. The van der Waals surface area contributed by atoms with Gasteiger partial charge >= 0.3 is 0 Å². The first-order chi connectivity index (χ1) is 6.40. The van der Waals surface area contributed by atoms with Gasteiger partial charge in [0.25, 0.3) is 0 Å². The second-order valence-electron chi connectivity index (χ2n) is 4.19. The zero-order valence-electron chi connectivity index (χ0n) is 8.28. The van der Waals surface area contributed by atoms with Crippen molar-refractivity contribution in [3.63, 3.8) is 0 Å². The van der Waals surface area contributed by atoms with Crippen molar-refractivity contribution in [3.05, 3.63) is 0 Å². The van der Waals surface area contributed by atoms with Crippen molar-refractivity contribution in [2.75, 3.05) is 26.4 Å². The first-order valence-corrected chi connectivity index (χ1v) is 6.42. The van der Waals surface area contributed by atoms with E-state index in [1.165, 1.54) is 10.6 Å². The van der Waals surface area contributed by atoms with Gasteiger partial charge in [0.1, 0.15) is 0 Å². The summed E-state index contributed by atoms with van der Waals surface area (Å²) in [5, 5.41) is 2.60. The summed E-state index contributed by atoms with van der Waals surface area (Å²) >= 11 is 0.